The zero-order valence-corrected chi connectivity index (χ0v) is 16.4. The standard InChI is InChI=1S/C21H19ClF3N3/c1-13-4-7-18(22)11-20(13)28-14(2)10-16(15(28)3)12-26-27-19-8-5-17(6-9-19)21(23,24)25/h4-12,27H,1-3H3/b26-12+. The Bertz CT molecular complexity index is 1020. The fourth-order valence-corrected chi connectivity index (χ4v) is 3.19. The Morgan fingerprint density at radius 2 is 1.68 bits per heavy atom. The molecule has 0 spiro atoms. The van der Waals surface area contributed by atoms with Crippen LogP contribution < -0.4 is 5.43 Å². The predicted octanol–water partition coefficient (Wildman–Crippen LogP) is 6.52. The van der Waals surface area contributed by atoms with E-state index in [1.165, 1.54) is 12.1 Å². The van der Waals surface area contributed by atoms with Crippen molar-refractivity contribution in [3.05, 3.63) is 81.6 Å². The predicted molar refractivity (Wildman–Crippen MR) is 108 cm³/mol. The van der Waals surface area contributed by atoms with E-state index in [2.05, 4.69) is 15.1 Å². The molecule has 0 bridgehead atoms. The van der Waals surface area contributed by atoms with Gasteiger partial charge in [-0.05, 0) is 68.8 Å². The maximum atomic E-state index is 12.6. The van der Waals surface area contributed by atoms with Crippen LogP contribution in [0, 0.1) is 20.8 Å². The summed E-state index contributed by atoms with van der Waals surface area (Å²) in [4.78, 5) is 0. The highest BCUT2D eigenvalue weighted by Crippen LogP contribution is 2.30. The average molecular weight is 406 g/mol. The topological polar surface area (TPSA) is 29.3 Å². The molecule has 0 fully saturated rings. The number of hydrazone groups is 1. The van der Waals surface area contributed by atoms with Crippen molar-refractivity contribution in [2.75, 3.05) is 5.43 Å². The molecule has 1 aromatic heterocycles. The minimum atomic E-state index is -4.35. The van der Waals surface area contributed by atoms with Crippen molar-refractivity contribution in [3.8, 4) is 5.69 Å². The first-order valence-corrected chi connectivity index (χ1v) is 8.96. The molecule has 1 heterocycles. The van der Waals surface area contributed by atoms with E-state index in [0.29, 0.717) is 10.7 Å². The third-order valence-electron chi connectivity index (χ3n) is 4.49. The van der Waals surface area contributed by atoms with Crippen molar-refractivity contribution in [2.45, 2.75) is 26.9 Å². The number of nitrogens with zero attached hydrogens (tertiary/aromatic N) is 2. The molecule has 0 aliphatic rings. The third-order valence-corrected chi connectivity index (χ3v) is 4.73. The Balaban J connectivity index is 1.81. The molecule has 0 saturated heterocycles. The van der Waals surface area contributed by atoms with Crippen LogP contribution in [0.15, 0.2) is 53.6 Å². The van der Waals surface area contributed by atoms with E-state index < -0.39 is 11.7 Å². The summed E-state index contributed by atoms with van der Waals surface area (Å²) in [6.07, 6.45) is -2.70. The van der Waals surface area contributed by atoms with Crippen molar-refractivity contribution in [2.24, 2.45) is 5.10 Å². The Morgan fingerprint density at radius 3 is 2.32 bits per heavy atom. The minimum absolute atomic E-state index is 0.476. The van der Waals surface area contributed by atoms with Gasteiger partial charge in [0.1, 0.15) is 0 Å². The quantitative estimate of drug-likeness (QED) is 0.388. The molecule has 3 aromatic rings. The number of alkyl halides is 3. The van der Waals surface area contributed by atoms with Crippen molar-refractivity contribution in [3.63, 3.8) is 0 Å². The molecule has 1 N–H and O–H groups in total. The summed E-state index contributed by atoms with van der Waals surface area (Å²) in [7, 11) is 0. The van der Waals surface area contributed by atoms with Gasteiger partial charge in [-0.1, -0.05) is 17.7 Å². The highest BCUT2D eigenvalue weighted by atomic mass is 35.5. The first kappa shape index (κ1) is 20.0. The molecular formula is C21H19ClF3N3. The van der Waals surface area contributed by atoms with Gasteiger partial charge in [0.25, 0.3) is 0 Å². The normalized spacial score (nSPS) is 12.0. The lowest BCUT2D eigenvalue weighted by Crippen LogP contribution is -2.04. The van der Waals surface area contributed by atoms with Gasteiger partial charge in [-0.25, -0.2) is 0 Å². The maximum absolute atomic E-state index is 12.6. The van der Waals surface area contributed by atoms with Gasteiger partial charge >= 0.3 is 6.18 Å². The summed E-state index contributed by atoms with van der Waals surface area (Å²) in [5.74, 6) is 0. The fraction of sp³-hybridized carbons (Fsp3) is 0.190. The molecule has 0 saturated carbocycles. The summed E-state index contributed by atoms with van der Waals surface area (Å²) < 4.78 is 39.9. The van der Waals surface area contributed by atoms with Gasteiger partial charge in [0.2, 0.25) is 0 Å². The molecule has 3 rings (SSSR count). The Labute approximate surface area is 166 Å². The Hall–Kier alpha value is -2.73. The monoisotopic (exact) mass is 405 g/mol. The molecular weight excluding hydrogens is 387 g/mol. The van der Waals surface area contributed by atoms with Crippen LogP contribution in [0.3, 0.4) is 0 Å². The van der Waals surface area contributed by atoms with Crippen molar-refractivity contribution < 1.29 is 13.2 Å². The van der Waals surface area contributed by atoms with E-state index in [4.69, 9.17) is 11.6 Å². The Kier molecular flexibility index (Phi) is 5.52. The Morgan fingerprint density at radius 1 is 1.00 bits per heavy atom. The van der Waals surface area contributed by atoms with Gasteiger partial charge in [-0.3, -0.25) is 5.43 Å². The van der Waals surface area contributed by atoms with E-state index in [0.717, 1.165) is 40.3 Å². The second-order valence-corrected chi connectivity index (χ2v) is 6.97. The van der Waals surface area contributed by atoms with Crippen LogP contribution in [0.1, 0.15) is 28.1 Å². The van der Waals surface area contributed by atoms with Gasteiger partial charge in [0.15, 0.2) is 0 Å². The molecule has 0 radical (unpaired) electrons. The smallest absolute Gasteiger partial charge is 0.318 e. The SMILES string of the molecule is Cc1ccc(Cl)cc1-n1c(C)cc(/C=N/Nc2ccc(C(F)(F)F)cc2)c1C. The van der Waals surface area contributed by atoms with Gasteiger partial charge in [0, 0.05) is 27.7 Å². The third kappa shape index (κ3) is 4.22. The van der Waals surface area contributed by atoms with Gasteiger partial charge < -0.3 is 4.57 Å². The molecule has 0 aliphatic heterocycles. The first-order valence-electron chi connectivity index (χ1n) is 8.58. The lowest BCUT2D eigenvalue weighted by Gasteiger charge is -2.13. The number of aryl methyl sites for hydroxylation is 2. The van der Waals surface area contributed by atoms with E-state index in [9.17, 15) is 13.2 Å². The highest BCUT2D eigenvalue weighted by Gasteiger charge is 2.29. The molecule has 0 unspecified atom stereocenters. The van der Waals surface area contributed by atoms with E-state index in [-0.39, 0.29) is 0 Å². The number of hydrogen-bond acceptors (Lipinski definition) is 2. The van der Waals surface area contributed by atoms with E-state index in [1.807, 2.05) is 45.0 Å². The van der Waals surface area contributed by atoms with Crippen LogP contribution in [0.25, 0.3) is 5.69 Å². The maximum Gasteiger partial charge on any atom is 0.416 e. The summed E-state index contributed by atoms with van der Waals surface area (Å²) in [6, 6.07) is 12.5. The van der Waals surface area contributed by atoms with E-state index >= 15 is 0 Å². The second-order valence-electron chi connectivity index (χ2n) is 6.54. The molecule has 7 heteroatoms. The fourth-order valence-electron chi connectivity index (χ4n) is 3.02. The number of rotatable bonds is 4. The van der Waals surface area contributed by atoms with E-state index in [1.54, 1.807) is 6.21 Å². The van der Waals surface area contributed by atoms with Crippen molar-refractivity contribution >= 4 is 23.5 Å². The zero-order chi connectivity index (χ0) is 20.5. The minimum Gasteiger partial charge on any atom is -0.318 e. The van der Waals surface area contributed by atoms with Gasteiger partial charge in [0.05, 0.1) is 17.5 Å². The zero-order valence-electron chi connectivity index (χ0n) is 15.6. The summed E-state index contributed by atoms with van der Waals surface area (Å²) in [5, 5.41) is 4.82. The molecule has 0 aliphatic carbocycles. The molecule has 0 amide bonds. The molecule has 3 nitrogen and oxygen atoms in total. The first-order chi connectivity index (χ1) is 13.2. The number of nitrogens with one attached hydrogen (secondary N) is 1. The van der Waals surface area contributed by atoms with Crippen LogP contribution in [-0.2, 0) is 6.18 Å². The molecule has 2 aromatic carbocycles. The number of aromatic nitrogens is 1. The second kappa shape index (κ2) is 7.72. The molecule has 0 atom stereocenters. The molecule has 28 heavy (non-hydrogen) atoms. The van der Waals surface area contributed by atoms with Crippen LogP contribution in [0.4, 0.5) is 18.9 Å². The number of benzene rings is 2. The highest BCUT2D eigenvalue weighted by molar-refractivity contribution is 6.30. The van der Waals surface area contributed by atoms with Gasteiger partial charge in [-0.15, -0.1) is 0 Å². The number of hydrogen-bond donors (Lipinski definition) is 1. The van der Waals surface area contributed by atoms with Crippen molar-refractivity contribution in [1.82, 2.24) is 4.57 Å². The van der Waals surface area contributed by atoms with Crippen LogP contribution in [-0.4, -0.2) is 10.8 Å². The largest absolute Gasteiger partial charge is 0.416 e. The van der Waals surface area contributed by atoms with Crippen LogP contribution in [0.5, 0.6) is 0 Å². The number of halogens is 4. The number of anilines is 1. The lowest BCUT2D eigenvalue weighted by atomic mass is 10.2. The van der Waals surface area contributed by atoms with Crippen LogP contribution in [0.2, 0.25) is 5.02 Å². The lowest BCUT2D eigenvalue weighted by molar-refractivity contribution is -0.137. The summed E-state index contributed by atoms with van der Waals surface area (Å²) in [5.41, 5.74) is 7.55. The van der Waals surface area contributed by atoms with Crippen molar-refractivity contribution in [1.29, 1.82) is 0 Å². The summed E-state index contributed by atoms with van der Waals surface area (Å²) in [6.45, 7) is 5.99. The summed E-state index contributed by atoms with van der Waals surface area (Å²) >= 11 is 6.15. The average Bonchev–Trinajstić information content (AvgIpc) is 2.90. The molecule has 146 valence electrons. The van der Waals surface area contributed by atoms with Crippen LogP contribution >= 0.6 is 11.6 Å². The van der Waals surface area contributed by atoms with Gasteiger partial charge in [-0.2, -0.15) is 18.3 Å².